The van der Waals surface area contributed by atoms with E-state index in [1.165, 1.54) is 86.9 Å². The third-order valence-electron chi connectivity index (χ3n) is 13.1. The van der Waals surface area contributed by atoms with E-state index in [0.717, 1.165) is 34.1 Å². The second kappa shape index (κ2) is 15.7. The van der Waals surface area contributed by atoms with Crippen molar-refractivity contribution in [2.24, 2.45) is 0 Å². The summed E-state index contributed by atoms with van der Waals surface area (Å²) in [5.41, 5.74) is 11.6. The van der Waals surface area contributed by atoms with E-state index in [-0.39, 0.29) is 0 Å². The summed E-state index contributed by atoms with van der Waals surface area (Å²) in [7, 11) is 0. The molecular formula is C63H44N2. The average molecular weight is 829 g/mol. The van der Waals surface area contributed by atoms with Gasteiger partial charge in [-0.05, 0) is 144 Å². The second-order valence-electron chi connectivity index (χ2n) is 16.7. The summed E-state index contributed by atoms with van der Waals surface area (Å²) < 4.78 is 0. The zero-order valence-corrected chi connectivity index (χ0v) is 36.1. The van der Waals surface area contributed by atoms with Gasteiger partial charge in [0.1, 0.15) is 0 Å². The van der Waals surface area contributed by atoms with Crippen LogP contribution in [0, 0.1) is 0 Å². The molecule has 65 heavy (non-hydrogen) atoms. The highest BCUT2D eigenvalue weighted by molar-refractivity contribution is 6.47. The number of hydrogen-bond acceptors (Lipinski definition) is 2. The van der Waals surface area contributed by atoms with E-state index < -0.39 is 0 Å². The molecule has 0 N–H and O–H groups in total. The van der Waals surface area contributed by atoms with Crippen LogP contribution < -0.4 is 9.80 Å². The van der Waals surface area contributed by atoms with Gasteiger partial charge in [0.2, 0.25) is 0 Å². The van der Waals surface area contributed by atoms with Crippen LogP contribution in [0.3, 0.4) is 0 Å². The minimum Gasteiger partial charge on any atom is -0.310 e. The average Bonchev–Trinajstić information content (AvgIpc) is 3.88. The molecule has 0 radical (unpaired) electrons. The molecule has 12 aromatic carbocycles. The molecular weight excluding hydrogens is 785 g/mol. The van der Waals surface area contributed by atoms with Gasteiger partial charge in [-0.2, -0.15) is 0 Å². The van der Waals surface area contributed by atoms with E-state index in [2.05, 4.69) is 254 Å². The van der Waals surface area contributed by atoms with Crippen LogP contribution in [0.15, 0.2) is 249 Å². The Morgan fingerprint density at radius 1 is 0.369 bits per heavy atom. The summed E-state index contributed by atoms with van der Waals surface area (Å²) in [6, 6.07) is 77.7. The molecule has 12 aromatic rings. The highest BCUT2D eigenvalue weighted by atomic mass is 15.2. The van der Waals surface area contributed by atoms with Crippen molar-refractivity contribution in [3.8, 4) is 22.3 Å². The molecule has 306 valence electrons. The standard InChI is InChI=1S/C63H44N2/c1-3-22-44(23-4-2)64(45-28-14-7-15-29-45)54-40-38-52-58-48(54)34-20-36-50(58)60-56(42-24-10-5-11-25-42)63-53-39-41-55(65(46-30-16-8-17-31-46)47-32-18-9-19-33-47)49-35-21-37-51(59(49)53)61(63)57(62(52)60)43-26-12-6-13-27-43/h3-41H,1H2,2H3. The van der Waals surface area contributed by atoms with Gasteiger partial charge >= 0.3 is 0 Å². The summed E-state index contributed by atoms with van der Waals surface area (Å²) >= 11 is 0. The summed E-state index contributed by atoms with van der Waals surface area (Å²) in [6.07, 6.45) is 8.24. The van der Waals surface area contributed by atoms with Gasteiger partial charge in [0.05, 0.1) is 11.4 Å². The Balaban J connectivity index is 1.27. The summed E-state index contributed by atoms with van der Waals surface area (Å²) in [5, 5.41) is 15.2. The fraction of sp³-hybridized carbons (Fsp3) is 0.0159. The first-order valence-corrected chi connectivity index (χ1v) is 22.4. The molecule has 2 heteroatoms. The molecule has 0 aliphatic rings. The van der Waals surface area contributed by atoms with Gasteiger partial charge in [0.15, 0.2) is 0 Å². The van der Waals surface area contributed by atoms with Crippen LogP contribution in [0.1, 0.15) is 6.92 Å². The molecule has 2 nitrogen and oxygen atoms in total. The van der Waals surface area contributed by atoms with E-state index in [9.17, 15) is 0 Å². The Labute approximate surface area is 379 Å². The smallest absolute Gasteiger partial charge is 0.0540 e. The number of para-hydroxylation sites is 3. The lowest BCUT2D eigenvalue weighted by atomic mass is 9.87. The van der Waals surface area contributed by atoms with E-state index in [4.69, 9.17) is 0 Å². The van der Waals surface area contributed by atoms with Crippen molar-refractivity contribution in [1.29, 1.82) is 0 Å². The molecule has 0 spiro atoms. The van der Waals surface area contributed by atoms with Crippen molar-refractivity contribution in [2.45, 2.75) is 6.92 Å². The monoisotopic (exact) mass is 828 g/mol. The van der Waals surface area contributed by atoms with Crippen LogP contribution in [0.4, 0.5) is 28.4 Å². The van der Waals surface area contributed by atoms with Gasteiger partial charge in [-0.3, -0.25) is 0 Å². The summed E-state index contributed by atoms with van der Waals surface area (Å²) in [5.74, 6) is 0. The third-order valence-corrected chi connectivity index (χ3v) is 13.1. The van der Waals surface area contributed by atoms with Crippen molar-refractivity contribution in [3.63, 3.8) is 0 Å². The fourth-order valence-electron chi connectivity index (χ4n) is 10.7. The molecule has 0 aliphatic heterocycles. The third kappa shape index (κ3) is 5.95. The van der Waals surface area contributed by atoms with Crippen LogP contribution in [0.5, 0.6) is 0 Å². The Kier molecular flexibility index (Phi) is 9.24. The summed E-state index contributed by atoms with van der Waals surface area (Å²) in [4.78, 5) is 4.77. The van der Waals surface area contributed by atoms with Gasteiger partial charge in [0, 0.05) is 33.5 Å². The zero-order chi connectivity index (χ0) is 43.4. The molecule has 0 atom stereocenters. The molecule has 0 fully saturated rings. The lowest BCUT2D eigenvalue weighted by Crippen LogP contribution is -2.15. The van der Waals surface area contributed by atoms with Crippen LogP contribution in [-0.2, 0) is 0 Å². The van der Waals surface area contributed by atoms with Crippen LogP contribution in [-0.4, -0.2) is 0 Å². The van der Waals surface area contributed by atoms with Crippen LogP contribution in [0.25, 0.3) is 86.9 Å². The second-order valence-corrected chi connectivity index (χ2v) is 16.7. The number of hydrogen-bond donors (Lipinski definition) is 0. The van der Waals surface area contributed by atoms with Crippen LogP contribution in [0.2, 0.25) is 0 Å². The highest BCUT2D eigenvalue weighted by Crippen LogP contribution is 2.57. The first kappa shape index (κ1) is 38.2. The fourth-order valence-corrected chi connectivity index (χ4v) is 10.7. The Hall–Kier alpha value is -8.46. The van der Waals surface area contributed by atoms with Crippen molar-refractivity contribution >= 4 is 93.1 Å². The molecule has 0 aliphatic carbocycles. The number of rotatable bonds is 10. The van der Waals surface area contributed by atoms with E-state index in [1.54, 1.807) is 0 Å². The SMILES string of the molecule is C=CC=C(C=CC)N(c1ccccc1)c1ccc2c3c(-c4ccccc4)c4c5cccc6c(N(c7ccccc7)c7ccccc7)ccc(c4c(-c4ccccc4)c3c3cccc1c23)c65. The number of allylic oxidation sites excluding steroid dienone is 4. The van der Waals surface area contributed by atoms with E-state index >= 15 is 0 Å². The molecule has 0 unspecified atom stereocenters. The predicted octanol–water partition coefficient (Wildman–Crippen LogP) is 18.1. The molecule has 0 bridgehead atoms. The number of anilines is 5. The van der Waals surface area contributed by atoms with Crippen molar-refractivity contribution in [2.75, 3.05) is 9.80 Å². The maximum Gasteiger partial charge on any atom is 0.0540 e. The first-order valence-electron chi connectivity index (χ1n) is 22.4. The van der Waals surface area contributed by atoms with Gasteiger partial charge in [0.25, 0.3) is 0 Å². The molecule has 0 amide bonds. The Morgan fingerprint density at radius 3 is 1.20 bits per heavy atom. The molecule has 0 saturated heterocycles. The summed E-state index contributed by atoms with van der Waals surface area (Å²) in [6.45, 7) is 6.19. The topological polar surface area (TPSA) is 6.48 Å². The molecule has 0 saturated carbocycles. The first-order chi connectivity index (χ1) is 32.2. The molecule has 0 aromatic heterocycles. The van der Waals surface area contributed by atoms with Gasteiger partial charge in [-0.1, -0.05) is 183 Å². The number of benzene rings is 10. The molecule has 12 rings (SSSR count). The zero-order valence-electron chi connectivity index (χ0n) is 36.1. The van der Waals surface area contributed by atoms with Gasteiger partial charge < -0.3 is 9.80 Å². The minimum atomic E-state index is 1.04. The normalized spacial score (nSPS) is 12.2. The lowest BCUT2D eigenvalue weighted by Gasteiger charge is -2.27. The van der Waals surface area contributed by atoms with Gasteiger partial charge in [-0.15, -0.1) is 0 Å². The quantitative estimate of drug-likeness (QED) is 0.127. The van der Waals surface area contributed by atoms with Gasteiger partial charge in [-0.25, -0.2) is 0 Å². The van der Waals surface area contributed by atoms with E-state index in [1.807, 2.05) is 6.08 Å². The van der Waals surface area contributed by atoms with Crippen molar-refractivity contribution < 1.29 is 0 Å². The number of fused-ring (bicyclic) bond motifs is 6. The maximum absolute atomic E-state index is 4.12. The maximum atomic E-state index is 4.12. The van der Waals surface area contributed by atoms with Crippen molar-refractivity contribution in [1.82, 2.24) is 0 Å². The minimum absolute atomic E-state index is 1.04. The lowest BCUT2D eigenvalue weighted by molar-refractivity contribution is 1.22. The highest BCUT2D eigenvalue weighted by Gasteiger charge is 2.29. The largest absolute Gasteiger partial charge is 0.310 e. The van der Waals surface area contributed by atoms with Crippen LogP contribution >= 0.6 is 0 Å². The molecule has 0 heterocycles. The van der Waals surface area contributed by atoms with E-state index in [0.29, 0.717) is 0 Å². The van der Waals surface area contributed by atoms with Crippen molar-refractivity contribution in [3.05, 3.63) is 249 Å². The predicted molar refractivity (Wildman–Crippen MR) is 281 cm³/mol. The number of nitrogens with zero attached hydrogens (tertiary/aromatic N) is 2. The Morgan fingerprint density at radius 2 is 0.754 bits per heavy atom. The Bertz CT molecular complexity index is 3620.